The molecule has 0 aliphatic carbocycles. The monoisotopic (exact) mass is 516 g/mol. The van der Waals surface area contributed by atoms with Crippen molar-refractivity contribution >= 4 is 46.6 Å². The summed E-state index contributed by atoms with van der Waals surface area (Å²) in [6, 6.07) is 21.3. The minimum absolute atomic E-state index is 0.0658. The molecule has 7 heteroatoms. The van der Waals surface area contributed by atoms with Crippen LogP contribution in [0.1, 0.15) is 30.5 Å². The van der Waals surface area contributed by atoms with Gasteiger partial charge in [-0.1, -0.05) is 83.3 Å². The van der Waals surface area contributed by atoms with E-state index in [1.165, 1.54) is 0 Å². The minimum Gasteiger partial charge on any atom is -0.352 e. The van der Waals surface area contributed by atoms with Crippen molar-refractivity contribution in [3.63, 3.8) is 0 Å². The largest absolute Gasteiger partial charge is 0.352 e. The maximum absolute atomic E-state index is 13.7. The maximum Gasteiger partial charge on any atom is 0.243 e. The van der Waals surface area contributed by atoms with Gasteiger partial charge in [-0.3, -0.25) is 9.59 Å². The summed E-state index contributed by atoms with van der Waals surface area (Å²) in [7, 11) is 0. The van der Waals surface area contributed by atoms with Crippen LogP contribution in [0.3, 0.4) is 0 Å². The lowest BCUT2D eigenvalue weighted by atomic mass is 10.0. The van der Waals surface area contributed by atoms with Crippen LogP contribution < -0.4 is 5.32 Å². The summed E-state index contributed by atoms with van der Waals surface area (Å²) >= 11 is 18.4. The first-order valence-electron chi connectivity index (χ1n) is 11.0. The zero-order valence-electron chi connectivity index (χ0n) is 19.1. The van der Waals surface area contributed by atoms with Crippen LogP contribution in [0.2, 0.25) is 15.1 Å². The number of nitrogens with one attached hydrogen (secondary N) is 1. The molecule has 0 heterocycles. The van der Waals surface area contributed by atoms with Gasteiger partial charge in [-0.15, -0.1) is 0 Å². The van der Waals surface area contributed by atoms with Crippen molar-refractivity contribution in [2.24, 2.45) is 0 Å². The molecule has 0 aliphatic heterocycles. The Morgan fingerprint density at radius 3 is 2.18 bits per heavy atom. The second-order valence-corrected chi connectivity index (χ2v) is 9.70. The SMILES string of the molecule is CC(C)NC(=O)C(Cc1ccccc1)N(Cc1cccc(Cl)c1)C(=O)Cc1ccc(Cl)c(Cl)c1. The molecule has 3 aromatic carbocycles. The van der Waals surface area contributed by atoms with Gasteiger partial charge in [0.1, 0.15) is 6.04 Å². The fourth-order valence-corrected chi connectivity index (χ4v) is 4.23. The first-order chi connectivity index (χ1) is 16.2. The van der Waals surface area contributed by atoms with E-state index in [9.17, 15) is 9.59 Å². The Morgan fingerprint density at radius 1 is 0.824 bits per heavy atom. The molecule has 34 heavy (non-hydrogen) atoms. The van der Waals surface area contributed by atoms with Gasteiger partial charge >= 0.3 is 0 Å². The number of benzene rings is 3. The lowest BCUT2D eigenvalue weighted by Crippen LogP contribution is -2.52. The Labute approximate surface area is 215 Å². The highest BCUT2D eigenvalue weighted by molar-refractivity contribution is 6.42. The van der Waals surface area contributed by atoms with Gasteiger partial charge in [0.25, 0.3) is 0 Å². The van der Waals surface area contributed by atoms with Crippen LogP contribution in [0.25, 0.3) is 0 Å². The fraction of sp³-hybridized carbons (Fsp3) is 0.259. The van der Waals surface area contributed by atoms with Crippen LogP contribution in [-0.2, 0) is 29.0 Å². The third-order valence-corrected chi connectivity index (χ3v) is 6.26. The van der Waals surface area contributed by atoms with Gasteiger partial charge in [-0.05, 0) is 54.8 Å². The van der Waals surface area contributed by atoms with E-state index in [0.29, 0.717) is 21.5 Å². The standard InChI is InChI=1S/C27H27Cl3N2O2/c1-18(2)31-27(34)25(15-19-7-4-3-5-8-19)32(17-21-9-6-10-22(28)13-21)26(33)16-20-11-12-23(29)24(30)14-20/h3-14,18,25H,15-17H2,1-2H3,(H,31,34). The Bertz CT molecular complexity index is 1140. The van der Waals surface area contributed by atoms with E-state index in [4.69, 9.17) is 34.8 Å². The molecule has 3 rings (SSSR count). The van der Waals surface area contributed by atoms with E-state index in [1.54, 1.807) is 35.2 Å². The van der Waals surface area contributed by atoms with Crippen LogP contribution in [0, 0.1) is 0 Å². The predicted octanol–water partition coefficient (Wildman–Crippen LogP) is 6.35. The first kappa shape index (κ1) is 26.1. The van der Waals surface area contributed by atoms with Gasteiger partial charge in [0.05, 0.1) is 16.5 Å². The Balaban J connectivity index is 1.98. The van der Waals surface area contributed by atoms with Crippen molar-refractivity contribution in [1.29, 1.82) is 0 Å². The normalized spacial score (nSPS) is 11.8. The highest BCUT2D eigenvalue weighted by Gasteiger charge is 2.30. The molecule has 2 amide bonds. The molecule has 0 radical (unpaired) electrons. The first-order valence-corrected chi connectivity index (χ1v) is 12.2. The average Bonchev–Trinajstić information content (AvgIpc) is 2.79. The van der Waals surface area contributed by atoms with Crippen molar-refractivity contribution in [1.82, 2.24) is 10.2 Å². The van der Waals surface area contributed by atoms with Crippen LogP contribution in [-0.4, -0.2) is 28.8 Å². The molecule has 178 valence electrons. The van der Waals surface area contributed by atoms with E-state index in [1.807, 2.05) is 56.3 Å². The molecule has 3 aromatic rings. The van der Waals surface area contributed by atoms with Gasteiger partial charge in [0.2, 0.25) is 11.8 Å². The van der Waals surface area contributed by atoms with Crippen LogP contribution in [0.4, 0.5) is 0 Å². The van der Waals surface area contributed by atoms with Crippen molar-refractivity contribution in [2.75, 3.05) is 0 Å². The number of hydrogen-bond donors (Lipinski definition) is 1. The number of rotatable bonds is 9. The number of carbonyl (C=O) groups is 2. The summed E-state index contributed by atoms with van der Waals surface area (Å²) in [5.41, 5.74) is 2.52. The molecular formula is C27H27Cl3N2O2. The summed E-state index contributed by atoms with van der Waals surface area (Å²) in [5.74, 6) is -0.401. The number of carbonyl (C=O) groups excluding carboxylic acids is 2. The van der Waals surface area contributed by atoms with E-state index < -0.39 is 6.04 Å². The Morgan fingerprint density at radius 2 is 1.53 bits per heavy atom. The Hall–Kier alpha value is -2.53. The zero-order chi connectivity index (χ0) is 24.7. The second kappa shape index (κ2) is 12.3. The van der Waals surface area contributed by atoms with Crippen molar-refractivity contribution in [2.45, 2.75) is 45.3 Å². The fourth-order valence-electron chi connectivity index (χ4n) is 3.69. The van der Waals surface area contributed by atoms with Gasteiger partial charge in [-0.25, -0.2) is 0 Å². The average molecular weight is 518 g/mol. The van der Waals surface area contributed by atoms with Crippen LogP contribution in [0.5, 0.6) is 0 Å². The summed E-state index contributed by atoms with van der Waals surface area (Å²) in [4.78, 5) is 28.6. The molecule has 0 fully saturated rings. The van der Waals surface area contributed by atoms with Crippen LogP contribution in [0.15, 0.2) is 72.8 Å². The molecule has 0 saturated carbocycles. The predicted molar refractivity (Wildman–Crippen MR) is 139 cm³/mol. The molecule has 0 saturated heterocycles. The minimum atomic E-state index is -0.709. The van der Waals surface area contributed by atoms with Gasteiger partial charge in [-0.2, -0.15) is 0 Å². The third-order valence-electron chi connectivity index (χ3n) is 5.28. The molecule has 0 spiro atoms. The zero-order valence-corrected chi connectivity index (χ0v) is 21.4. The van der Waals surface area contributed by atoms with Crippen molar-refractivity contribution in [3.8, 4) is 0 Å². The topological polar surface area (TPSA) is 49.4 Å². The van der Waals surface area contributed by atoms with E-state index in [-0.39, 0.29) is 30.8 Å². The highest BCUT2D eigenvalue weighted by atomic mass is 35.5. The molecule has 0 aliphatic rings. The summed E-state index contributed by atoms with van der Waals surface area (Å²) in [6.45, 7) is 4.04. The molecule has 1 atom stereocenters. The molecule has 1 unspecified atom stereocenters. The highest BCUT2D eigenvalue weighted by Crippen LogP contribution is 2.24. The summed E-state index contributed by atoms with van der Waals surface area (Å²) < 4.78 is 0. The lowest BCUT2D eigenvalue weighted by molar-refractivity contribution is -0.141. The van der Waals surface area contributed by atoms with E-state index >= 15 is 0 Å². The van der Waals surface area contributed by atoms with Crippen molar-refractivity contribution < 1.29 is 9.59 Å². The lowest BCUT2D eigenvalue weighted by Gasteiger charge is -2.32. The van der Waals surface area contributed by atoms with Gasteiger partial charge < -0.3 is 10.2 Å². The van der Waals surface area contributed by atoms with E-state index in [2.05, 4.69) is 5.32 Å². The number of nitrogens with zero attached hydrogens (tertiary/aromatic N) is 1. The Kier molecular flexibility index (Phi) is 9.40. The number of amides is 2. The molecule has 0 aromatic heterocycles. The third kappa shape index (κ3) is 7.49. The molecule has 4 nitrogen and oxygen atoms in total. The number of halogens is 3. The molecule has 1 N–H and O–H groups in total. The van der Waals surface area contributed by atoms with E-state index in [0.717, 1.165) is 16.7 Å². The molecule has 0 bridgehead atoms. The number of hydrogen-bond acceptors (Lipinski definition) is 2. The maximum atomic E-state index is 13.7. The van der Waals surface area contributed by atoms with Crippen LogP contribution >= 0.6 is 34.8 Å². The molecular weight excluding hydrogens is 491 g/mol. The smallest absolute Gasteiger partial charge is 0.243 e. The van der Waals surface area contributed by atoms with Gasteiger partial charge in [0.15, 0.2) is 0 Å². The summed E-state index contributed by atoms with van der Waals surface area (Å²) in [6.07, 6.45) is 0.463. The second-order valence-electron chi connectivity index (χ2n) is 8.45. The quantitative estimate of drug-likeness (QED) is 0.359. The van der Waals surface area contributed by atoms with Crippen molar-refractivity contribution in [3.05, 3.63) is 105 Å². The van der Waals surface area contributed by atoms with Gasteiger partial charge in [0, 0.05) is 24.0 Å². The summed E-state index contributed by atoms with van der Waals surface area (Å²) in [5, 5.41) is 4.35.